The second-order valence-electron chi connectivity index (χ2n) is 14.1. The summed E-state index contributed by atoms with van der Waals surface area (Å²) in [5.74, 6) is 0. The molecule has 0 fully saturated rings. The summed E-state index contributed by atoms with van der Waals surface area (Å²) in [7, 11) is 0. The van der Waals surface area contributed by atoms with Gasteiger partial charge in [0.05, 0.1) is 16.7 Å². The Balaban J connectivity index is 1.19. The first-order chi connectivity index (χ1) is 27.3. The molecule has 0 aliphatic carbocycles. The zero-order valence-electron chi connectivity index (χ0n) is 29.9. The number of nitrogens with zero attached hydrogens (tertiary/aromatic N) is 2. The number of anilines is 3. The first kappa shape index (κ1) is 31.2. The van der Waals surface area contributed by atoms with Gasteiger partial charge in [0.15, 0.2) is 0 Å². The van der Waals surface area contributed by atoms with E-state index < -0.39 is 0 Å². The average Bonchev–Trinajstić information content (AvgIpc) is 3.81. The molecule has 0 aliphatic rings. The summed E-state index contributed by atoms with van der Waals surface area (Å²) >= 11 is 0. The smallest absolute Gasteiger partial charge is 0.138 e. The van der Waals surface area contributed by atoms with E-state index in [-0.39, 0.29) is 0 Å². The van der Waals surface area contributed by atoms with Gasteiger partial charge in [0.1, 0.15) is 11.2 Å². The van der Waals surface area contributed by atoms with Crippen LogP contribution in [-0.2, 0) is 0 Å². The first-order valence-corrected chi connectivity index (χ1v) is 18.8. The van der Waals surface area contributed by atoms with E-state index in [1.807, 2.05) is 0 Å². The van der Waals surface area contributed by atoms with Gasteiger partial charge in [-0.3, -0.25) is 0 Å². The highest BCUT2D eigenvalue weighted by atomic mass is 16.3. The van der Waals surface area contributed by atoms with E-state index in [0.29, 0.717) is 0 Å². The van der Waals surface area contributed by atoms with E-state index in [1.165, 1.54) is 43.7 Å². The van der Waals surface area contributed by atoms with Crippen LogP contribution in [0.2, 0.25) is 0 Å². The maximum absolute atomic E-state index is 6.81. The van der Waals surface area contributed by atoms with Gasteiger partial charge in [-0.05, 0) is 93.7 Å². The summed E-state index contributed by atoms with van der Waals surface area (Å²) < 4.78 is 9.18. The van der Waals surface area contributed by atoms with Crippen molar-refractivity contribution in [2.24, 2.45) is 0 Å². The van der Waals surface area contributed by atoms with Crippen molar-refractivity contribution in [2.45, 2.75) is 0 Å². The third-order valence-electron chi connectivity index (χ3n) is 11.0. The Morgan fingerprint density at radius 1 is 0.364 bits per heavy atom. The van der Waals surface area contributed by atoms with Crippen LogP contribution in [0.3, 0.4) is 0 Å². The molecule has 0 saturated carbocycles. The Hall–Kier alpha value is -7.36. The van der Waals surface area contributed by atoms with E-state index in [0.717, 1.165) is 55.8 Å². The van der Waals surface area contributed by atoms with Crippen molar-refractivity contribution >= 4 is 71.6 Å². The molecule has 3 heteroatoms. The van der Waals surface area contributed by atoms with Crippen LogP contribution in [-0.4, -0.2) is 4.57 Å². The number of furan rings is 1. The van der Waals surface area contributed by atoms with Crippen molar-refractivity contribution in [3.05, 3.63) is 206 Å². The number of fused-ring (bicyclic) bond motifs is 8. The van der Waals surface area contributed by atoms with Gasteiger partial charge in [-0.15, -0.1) is 0 Å². The van der Waals surface area contributed by atoms with Crippen LogP contribution >= 0.6 is 0 Å². The normalized spacial score (nSPS) is 11.6. The fraction of sp³-hybridized carbons (Fsp3) is 0. The SMILES string of the molecule is c1ccc(-c2ccc(N(c3cc(-c4ccccc4)c4c(c3)oc3ccc5ccccc5c34)c3ccc4c(c3)c3ccccc3n4-c3ccccc3)cc2)cc1. The lowest BCUT2D eigenvalue weighted by atomic mass is 9.95. The lowest BCUT2D eigenvalue weighted by Crippen LogP contribution is -2.10. The molecular formula is C52H34N2O. The van der Waals surface area contributed by atoms with Gasteiger partial charge in [0, 0.05) is 44.7 Å². The molecule has 0 unspecified atom stereocenters. The van der Waals surface area contributed by atoms with Gasteiger partial charge in [0.2, 0.25) is 0 Å². The van der Waals surface area contributed by atoms with Crippen molar-refractivity contribution in [1.29, 1.82) is 0 Å². The second kappa shape index (κ2) is 12.6. The van der Waals surface area contributed by atoms with E-state index in [4.69, 9.17) is 4.42 Å². The molecule has 11 rings (SSSR count). The fourth-order valence-corrected chi connectivity index (χ4v) is 8.46. The highest BCUT2D eigenvalue weighted by Crippen LogP contribution is 2.46. The van der Waals surface area contributed by atoms with Gasteiger partial charge in [-0.2, -0.15) is 0 Å². The molecule has 0 aliphatic heterocycles. The van der Waals surface area contributed by atoms with E-state index in [2.05, 4.69) is 216 Å². The van der Waals surface area contributed by atoms with Crippen molar-refractivity contribution in [2.75, 3.05) is 4.90 Å². The minimum absolute atomic E-state index is 0.857. The van der Waals surface area contributed by atoms with Crippen LogP contribution in [0.15, 0.2) is 211 Å². The number of hydrogen-bond donors (Lipinski definition) is 0. The van der Waals surface area contributed by atoms with Crippen LogP contribution in [0.5, 0.6) is 0 Å². The van der Waals surface area contributed by atoms with Gasteiger partial charge in [-0.25, -0.2) is 0 Å². The monoisotopic (exact) mass is 702 g/mol. The second-order valence-corrected chi connectivity index (χ2v) is 14.1. The molecule has 258 valence electrons. The summed E-state index contributed by atoms with van der Waals surface area (Å²) in [6.45, 7) is 0. The molecule has 0 spiro atoms. The molecule has 55 heavy (non-hydrogen) atoms. The zero-order chi connectivity index (χ0) is 36.3. The van der Waals surface area contributed by atoms with Gasteiger partial charge >= 0.3 is 0 Å². The summed E-state index contributed by atoms with van der Waals surface area (Å²) in [5, 5.41) is 7.07. The molecule has 3 nitrogen and oxygen atoms in total. The molecule has 0 atom stereocenters. The average molecular weight is 703 g/mol. The summed E-state index contributed by atoms with van der Waals surface area (Å²) in [4.78, 5) is 2.38. The Morgan fingerprint density at radius 3 is 1.76 bits per heavy atom. The quantitative estimate of drug-likeness (QED) is 0.172. The predicted molar refractivity (Wildman–Crippen MR) is 231 cm³/mol. The molecule has 11 aromatic rings. The first-order valence-electron chi connectivity index (χ1n) is 18.8. The molecule has 2 heterocycles. The summed E-state index contributed by atoms with van der Waals surface area (Å²) in [6, 6.07) is 73.8. The van der Waals surface area contributed by atoms with Crippen molar-refractivity contribution < 1.29 is 4.42 Å². The molecule has 0 bridgehead atoms. The highest BCUT2D eigenvalue weighted by molar-refractivity contribution is 6.23. The molecular weight excluding hydrogens is 669 g/mol. The Morgan fingerprint density at radius 2 is 0.982 bits per heavy atom. The molecule has 9 aromatic carbocycles. The Labute approximate surface area is 318 Å². The standard InChI is InChI=1S/C52H34N2O/c1-4-14-35(15-5-1)36-24-27-40(28-25-36)53(41-29-30-48-46(32-41)44-22-12-13-23-47(44)54(48)39-19-8-3-9-20-39)42-33-45(37-16-6-2-7-17-37)52-50(34-42)55-49-31-26-38-18-10-11-21-43(38)51(49)52/h1-34H. The number of aromatic nitrogens is 1. The van der Waals surface area contributed by atoms with Crippen molar-refractivity contribution in [1.82, 2.24) is 4.57 Å². The van der Waals surface area contributed by atoms with Crippen LogP contribution in [0.1, 0.15) is 0 Å². The van der Waals surface area contributed by atoms with E-state index in [9.17, 15) is 0 Å². The van der Waals surface area contributed by atoms with Crippen molar-refractivity contribution in [3.8, 4) is 27.9 Å². The van der Waals surface area contributed by atoms with Crippen molar-refractivity contribution in [3.63, 3.8) is 0 Å². The number of para-hydroxylation sites is 2. The summed E-state index contributed by atoms with van der Waals surface area (Å²) in [6.07, 6.45) is 0. The van der Waals surface area contributed by atoms with Gasteiger partial charge in [-0.1, -0.05) is 140 Å². The minimum atomic E-state index is 0.857. The molecule has 0 N–H and O–H groups in total. The lowest BCUT2D eigenvalue weighted by Gasteiger charge is -2.27. The van der Waals surface area contributed by atoms with Crippen LogP contribution in [0, 0.1) is 0 Å². The molecule has 0 amide bonds. The van der Waals surface area contributed by atoms with Gasteiger partial charge in [0.25, 0.3) is 0 Å². The maximum Gasteiger partial charge on any atom is 0.138 e. The summed E-state index contributed by atoms with van der Waals surface area (Å²) in [5.41, 5.74) is 13.0. The van der Waals surface area contributed by atoms with Crippen LogP contribution < -0.4 is 4.90 Å². The Bertz CT molecular complexity index is 3180. The molecule has 0 radical (unpaired) electrons. The zero-order valence-corrected chi connectivity index (χ0v) is 29.9. The highest BCUT2D eigenvalue weighted by Gasteiger charge is 2.22. The van der Waals surface area contributed by atoms with Crippen LogP contribution in [0.25, 0.3) is 82.5 Å². The third kappa shape index (κ3) is 5.13. The number of hydrogen-bond acceptors (Lipinski definition) is 2. The predicted octanol–water partition coefficient (Wildman–Crippen LogP) is 14.6. The largest absolute Gasteiger partial charge is 0.456 e. The maximum atomic E-state index is 6.81. The van der Waals surface area contributed by atoms with Gasteiger partial charge < -0.3 is 13.9 Å². The topological polar surface area (TPSA) is 21.3 Å². The molecule has 2 aromatic heterocycles. The van der Waals surface area contributed by atoms with Crippen LogP contribution in [0.4, 0.5) is 17.1 Å². The fourth-order valence-electron chi connectivity index (χ4n) is 8.46. The third-order valence-corrected chi connectivity index (χ3v) is 11.0. The minimum Gasteiger partial charge on any atom is -0.456 e. The lowest BCUT2D eigenvalue weighted by molar-refractivity contribution is 0.669. The Kier molecular flexibility index (Phi) is 7.17. The van der Waals surface area contributed by atoms with E-state index in [1.54, 1.807) is 0 Å². The number of benzene rings is 9. The molecule has 0 saturated heterocycles. The van der Waals surface area contributed by atoms with E-state index >= 15 is 0 Å². The number of rotatable bonds is 6.